The summed E-state index contributed by atoms with van der Waals surface area (Å²) < 4.78 is 18.5. The van der Waals surface area contributed by atoms with Gasteiger partial charge in [-0.15, -0.1) is 0 Å². The summed E-state index contributed by atoms with van der Waals surface area (Å²) in [7, 11) is 0. The largest absolute Gasteiger partial charge is 0.489 e. The Morgan fingerprint density at radius 1 is 1.40 bits per heavy atom. The first-order chi connectivity index (χ1) is 7.13. The van der Waals surface area contributed by atoms with E-state index in [1.165, 1.54) is 12.1 Å². The first-order valence-electron chi connectivity index (χ1n) is 5.29. The molecule has 15 heavy (non-hydrogen) atoms. The van der Waals surface area contributed by atoms with Gasteiger partial charge >= 0.3 is 0 Å². The lowest BCUT2D eigenvalue weighted by molar-refractivity contribution is 0.178. The monoisotopic (exact) mass is 211 g/mol. The molecule has 0 aliphatic carbocycles. The van der Waals surface area contributed by atoms with Crippen molar-refractivity contribution in [1.82, 2.24) is 5.32 Å². The maximum Gasteiger partial charge on any atom is 0.126 e. The second-order valence-electron chi connectivity index (χ2n) is 3.63. The summed E-state index contributed by atoms with van der Waals surface area (Å²) in [5, 5.41) is 3.26. The van der Waals surface area contributed by atoms with Crippen LogP contribution in [0, 0.1) is 5.82 Å². The molecule has 0 bridgehead atoms. The van der Waals surface area contributed by atoms with Gasteiger partial charge in [0.15, 0.2) is 0 Å². The van der Waals surface area contributed by atoms with Gasteiger partial charge in [0, 0.05) is 12.1 Å². The van der Waals surface area contributed by atoms with Crippen LogP contribution in [-0.4, -0.2) is 18.7 Å². The first kappa shape index (κ1) is 12.0. The lowest BCUT2D eigenvalue weighted by Gasteiger charge is -2.22. The molecule has 0 spiro atoms. The molecule has 0 radical (unpaired) electrons. The minimum absolute atomic E-state index is 0.0201. The van der Waals surface area contributed by atoms with Crippen LogP contribution in [0.2, 0.25) is 0 Å². The number of hydrogen-bond donors (Lipinski definition) is 1. The van der Waals surface area contributed by atoms with Gasteiger partial charge in [0.1, 0.15) is 17.7 Å². The molecule has 0 aliphatic heterocycles. The van der Waals surface area contributed by atoms with Crippen molar-refractivity contribution in [2.75, 3.05) is 6.54 Å². The van der Waals surface area contributed by atoms with Crippen molar-refractivity contribution in [3.05, 3.63) is 30.1 Å². The molecule has 1 rings (SSSR count). The molecule has 2 nitrogen and oxygen atoms in total. The van der Waals surface area contributed by atoms with Gasteiger partial charge in [-0.3, -0.25) is 0 Å². The van der Waals surface area contributed by atoms with Crippen LogP contribution in [0.1, 0.15) is 20.8 Å². The zero-order valence-corrected chi connectivity index (χ0v) is 9.46. The zero-order valence-electron chi connectivity index (χ0n) is 9.46. The number of hydrogen-bond acceptors (Lipinski definition) is 2. The summed E-state index contributed by atoms with van der Waals surface area (Å²) >= 11 is 0. The van der Waals surface area contributed by atoms with E-state index in [4.69, 9.17) is 4.74 Å². The van der Waals surface area contributed by atoms with E-state index in [2.05, 4.69) is 5.32 Å². The Morgan fingerprint density at radius 3 is 2.73 bits per heavy atom. The minimum Gasteiger partial charge on any atom is -0.489 e. The molecule has 1 N–H and O–H groups in total. The fraction of sp³-hybridized carbons (Fsp3) is 0.500. The second kappa shape index (κ2) is 5.71. The van der Waals surface area contributed by atoms with E-state index < -0.39 is 0 Å². The van der Waals surface area contributed by atoms with Crippen molar-refractivity contribution < 1.29 is 9.13 Å². The Balaban J connectivity index is 2.54. The Labute approximate surface area is 90.4 Å². The third kappa shape index (κ3) is 3.88. The summed E-state index contributed by atoms with van der Waals surface area (Å²) in [5.74, 6) is 0.308. The molecular weight excluding hydrogens is 193 g/mol. The van der Waals surface area contributed by atoms with Crippen molar-refractivity contribution in [2.24, 2.45) is 0 Å². The van der Waals surface area contributed by atoms with E-state index >= 15 is 0 Å². The molecule has 0 heterocycles. The van der Waals surface area contributed by atoms with Gasteiger partial charge in [0.25, 0.3) is 0 Å². The highest BCUT2D eigenvalue weighted by atomic mass is 19.1. The van der Waals surface area contributed by atoms with E-state index in [0.29, 0.717) is 5.75 Å². The van der Waals surface area contributed by atoms with Gasteiger partial charge in [0.05, 0.1) is 0 Å². The average molecular weight is 211 g/mol. The molecule has 0 fully saturated rings. The van der Waals surface area contributed by atoms with Crippen molar-refractivity contribution >= 4 is 0 Å². The molecule has 0 saturated carbocycles. The maximum absolute atomic E-state index is 12.9. The number of likely N-dealkylation sites (N-methyl/N-ethyl adjacent to an activating group) is 1. The standard InChI is InChI=1S/C12H18FNO/c1-4-14-9(2)10(3)15-12-7-5-6-11(13)8-12/h5-10,14H,4H2,1-3H3. The zero-order chi connectivity index (χ0) is 11.3. The Bertz CT molecular complexity index is 303. The van der Waals surface area contributed by atoms with Crippen LogP contribution >= 0.6 is 0 Å². The number of halogens is 1. The van der Waals surface area contributed by atoms with Gasteiger partial charge in [-0.1, -0.05) is 13.0 Å². The predicted octanol–water partition coefficient (Wildman–Crippen LogP) is 2.59. The lowest BCUT2D eigenvalue weighted by Crippen LogP contribution is -2.38. The highest BCUT2D eigenvalue weighted by molar-refractivity contribution is 5.22. The first-order valence-corrected chi connectivity index (χ1v) is 5.29. The van der Waals surface area contributed by atoms with Crippen molar-refractivity contribution in [3.8, 4) is 5.75 Å². The molecule has 1 aromatic rings. The number of rotatable bonds is 5. The highest BCUT2D eigenvalue weighted by Gasteiger charge is 2.12. The SMILES string of the molecule is CCNC(C)C(C)Oc1cccc(F)c1. The van der Waals surface area contributed by atoms with Crippen LogP contribution in [0.25, 0.3) is 0 Å². The summed E-state index contributed by atoms with van der Waals surface area (Å²) in [6.45, 7) is 6.97. The van der Waals surface area contributed by atoms with E-state index in [1.807, 2.05) is 20.8 Å². The van der Waals surface area contributed by atoms with E-state index in [9.17, 15) is 4.39 Å². The van der Waals surface area contributed by atoms with Crippen LogP contribution in [0.3, 0.4) is 0 Å². The fourth-order valence-corrected chi connectivity index (χ4v) is 1.34. The summed E-state index contributed by atoms with van der Waals surface area (Å²) in [6, 6.07) is 6.46. The van der Waals surface area contributed by atoms with Crippen molar-refractivity contribution in [3.63, 3.8) is 0 Å². The van der Waals surface area contributed by atoms with Crippen LogP contribution < -0.4 is 10.1 Å². The lowest BCUT2D eigenvalue weighted by atomic mass is 10.2. The fourth-order valence-electron chi connectivity index (χ4n) is 1.34. The normalized spacial score (nSPS) is 14.7. The molecule has 84 valence electrons. The van der Waals surface area contributed by atoms with Crippen molar-refractivity contribution in [1.29, 1.82) is 0 Å². The molecule has 3 heteroatoms. The Hall–Kier alpha value is -1.09. The molecular formula is C12H18FNO. The van der Waals surface area contributed by atoms with Crippen molar-refractivity contribution in [2.45, 2.75) is 32.9 Å². The second-order valence-corrected chi connectivity index (χ2v) is 3.63. The topological polar surface area (TPSA) is 21.3 Å². The molecule has 0 saturated heterocycles. The Kier molecular flexibility index (Phi) is 4.56. The van der Waals surface area contributed by atoms with Gasteiger partial charge in [-0.2, -0.15) is 0 Å². The van der Waals surface area contributed by atoms with Gasteiger partial charge < -0.3 is 10.1 Å². The van der Waals surface area contributed by atoms with Crippen LogP contribution in [0.15, 0.2) is 24.3 Å². The number of benzene rings is 1. The average Bonchev–Trinajstić information content (AvgIpc) is 2.18. The van der Waals surface area contributed by atoms with Crippen LogP contribution in [-0.2, 0) is 0 Å². The third-order valence-electron chi connectivity index (χ3n) is 2.35. The van der Waals surface area contributed by atoms with Gasteiger partial charge in [-0.05, 0) is 32.5 Å². The molecule has 2 unspecified atom stereocenters. The number of nitrogens with one attached hydrogen (secondary N) is 1. The molecule has 2 atom stereocenters. The minimum atomic E-state index is -0.268. The van der Waals surface area contributed by atoms with E-state index in [0.717, 1.165) is 6.54 Å². The molecule has 0 aliphatic rings. The summed E-state index contributed by atoms with van der Waals surface area (Å²) in [4.78, 5) is 0. The van der Waals surface area contributed by atoms with Crippen LogP contribution in [0.4, 0.5) is 4.39 Å². The number of ether oxygens (including phenoxy) is 1. The maximum atomic E-state index is 12.9. The molecule has 0 amide bonds. The summed E-state index contributed by atoms with van der Waals surface area (Å²) in [5.41, 5.74) is 0. The van der Waals surface area contributed by atoms with Crippen LogP contribution in [0.5, 0.6) is 5.75 Å². The smallest absolute Gasteiger partial charge is 0.126 e. The molecule has 0 aromatic heterocycles. The highest BCUT2D eigenvalue weighted by Crippen LogP contribution is 2.14. The van der Waals surface area contributed by atoms with Gasteiger partial charge in [0.2, 0.25) is 0 Å². The third-order valence-corrected chi connectivity index (χ3v) is 2.35. The van der Waals surface area contributed by atoms with Gasteiger partial charge in [-0.25, -0.2) is 4.39 Å². The van der Waals surface area contributed by atoms with E-state index in [-0.39, 0.29) is 18.0 Å². The predicted molar refractivity (Wildman–Crippen MR) is 59.6 cm³/mol. The van der Waals surface area contributed by atoms with E-state index in [1.54, 1.807) is 12.1 Å². The Morgan fingerprint density at radius 2 is 2.13 bits per heavy atom. The summed E-state index contributed by atoms with van der Waals surface area (Å²) in [6.07, 6.45) is 0.0201. The molecule has 1 aromatic carbocycles. The quantitative estimate of drug-likeness (QED) is 0.808.